The number of rotatable bonds is 8. The van der Waals surface area contributed by atoms with Crippen molar-refractivity contribution in [3.05, 3.63) is 102 Å². The third kappa shape index (κ3) is 5.57. The second-order valence-corrected chi connectivity index (χ2v) is 10.9. The molecule has 7 rings (SSSR count). The summed E-state index contributed by atoms with van der Waals surface area (Å²) in [6, 6.07) is 22.7. The first-order valence-electron chi connectivity index (χ1n) is 14.3. The molecular weight excluding hydrogens is 563 g/mol. The van der Waals surface area contributed by atoms with Gasteiger partial charge in [-0.15, -0.1) is 5.10 Å². The third-order valence-corrected chi connectivity index (χ3v) is 7.97. The quantitative estimate of drug-likeness (QED) is 0.259. The van der Waals surface area contributed by atoms with Gasteiger partial charge in [-0.3, -0.25) is 9.59 Å². The minimum atomic E-state index is -0.332. The highest BCUT2D eigenvalue weighted by Gasteiger charge is 2.41. The van der Waals surface area contributed by atoms with E-state index in [-0.39, 0.29) is 36.2 Å². The Hall–Kier alpha value is -5.29. The number of nitrogens with zero attached hydrogens (tertiary/aromatic N) is 4. The molecular formula is C33H29FN6O4. The summed E-state index contributed by atoms with van der Waals surface area (Å²) >= 11 is 0. The molecule has 2 bridgehead atoms. The fourth-order valence-corrected chi connectivity index (χ4v) is 5.71. The number of hydrogen-bond acceptors (Lipinski definition) is 7. The van der Waals surface area contributed by atoms with Crippen LogP contribution in [0.15, 0.2) is 85.1 Å². The number of pyridine rings is 1. The maximum absolute atomic E-state index is 13.1. The molecule has 0 saturated carbocycles. The zero-order valence-electron chi connectivity index (χ0n) is 23.9. The highest BCUT2D eigenvalue weighted by atomic mass is 19.1. The first-order valence-corrected chi connectivity index (χ1v) is 14.3. The lowest BCUT2D eigenvalue weighted by Gasteiger charge is -2.27. The molecule has 2 aliphatic heterocycles. The van der Waals surface area contributed by atoms with Crippen molar-refractivity contribution in [2.24, 2.45) is 0 Å². The molecule has 222 valence electrons. The summed E-state index contributed by atoms with van der Waals surface area (Å²) in [5, 5.41) is 10.7. The third-order valence-electron chi connectivity index (χ3n) is 7.97. The van der Waals surface area contributed by atoms with Crippen LogP contribution >= 0.6 is 0 Å². The lowest BCUT2D eigenvalue weighted by atomic mass is 10.1. The molecule has 44 heavy (non-hydrogen) atoms. The summed E-state index contributed by atoms with van der Waals surface area (Å²) in [4.78, 5) is 32.0. The van der Waals surface area contributed by atoms with Gasteiger partial charge in [0, 0.05) is 29.6 Å². The number of carbonyl (C=O) groups excluding carboxylic acids is 2. The Morgan fingerprint density at radius 1 is 1.02 bits per heavy atom. The van der Waals surface area contributed by atoms with E-state index >= 15 is 0 Å². The summed E-state index contributed by atoms with van der Waals surface area (Å²) in [6.45, 7) is 1.22. The molecule has 2 saturated heterocycles. The Morgan fingerprint density at radius 2 is 1.82 bits per heavy atom. The number of hydrogen-bond donors (Lipinski definition) is 2. The number of amides is 2. The highest BCUT2D eigenvalue weighted by Crippen LogP contribution is 2.32. The number of benzene rings is 3. The minimum absolute atomic E-state index is 0.0237. The second-order valence-electron chi connectivity index (χ2n) is 10.9. The van der Waals surface area contributed by atoms with Crippen LogP contribution in [0.4, 0.5) is 21.7 Å². The van der Waals surface area contributed by atoms with Crippen molar-refractivity contribution in [1.82, 2.24) is 19.5 Å². The van der Waals surface area contributed by atoms with Gasteiger partial charge in [-0.1, -0.05) is 24.3 Å². The average molecular weight is 593 g/mol. The molecule has 2 fully saturated rings. The average Bonchev–Trinajstić information content (AvgIpc) is 3.78. The molecule has 2 aliphatic rings. The monoisotopic (exact) mass is 592 g/mol. The number of halogens is 1. The Balaban J connectivity index is 1.02. The highest BCUT2D eigenvalue weighted by molar-refractivity contribution is 5.96. The van der Waals surface area contributed by atoms with E-state index in [1.54, 1.807) is 42.0 Å². The van der Waals surface area contributed by atoms with Crippen LogP contribution < -0.4 is 15.4 Å². The number of fused-ring (bicyclic) bond motifs is 3. The van der Waals surface area contributed by atoms with Crippen LogP contribution in [0.3, 0.4) is 0 Å². The van der Waals surface area contributed by atoms with Gasteiger partial charge in [0.25, 0.3) is 5.91 Å². The Bertz CT molecular complexity index is 1860. The fraction of sp³-hybridized carbons (Fsp3) is 0.212. The molecule has 2 aromatic heterocycles. The molecule has 4 heterocycles. The van der Waals surface area contributed by atoms with E-state index in [1.165, 1.54) is 12.1 Å². The molecule has 2 amide bonds. The van der Waals surface area contributed by atoms with E-state index in [1.807, 2.05) is 47.5 Å². The summed E-state index contributed by atoms with van der Waals surface area (Å²) in [7, 11) is 1.56. The maximum atomic E-state index is 13.1. The predicted molar refractivity (Wildman–Crippen MR) is 163 cm³/mol. The van der Waals surface area contributed by atoms with E-state index in [4.69, 9.17) is 9.47 Å². The number of morpholine rings is 1. The zero-order valence-corrected chi connectivity index (χ0v) is 23.9. The molecule has 3 aromatic carbocycles. The molecule has 10 nitrogen and oxygen atoms in total. The number of carbonyl (C=O) groups is 2. The number of aromatic nitrogens is 3. The summed E-state index contributed by atoms with van der Waals surface area (Å²) in [5.74, 6) is 0.360. The molecule has 2 atom stereocenters. The Morgan fingerprint density at radius 3 is 2.55 bits per heavy atom. The van der Waals surface area contributed by atoms with Crippen LogP contribution in [-0.2, 0) is 16.0 Å². The minimum Gasteiger partial charge on any atom is -0.495 e. The van der Waals surface area contributed by atoms with Crippen LogP contribution in [0.2, 0.25) is 0 Å². The predicted octanol–water partition coefficient (Wildman–Crippen LogP) is 5.08. The number of ether oxygens (including phenoxy) is 2. The number of methoxy groups -OCH3 is 1. The van der Waals surface area contributed by atoms with Crippen LogP contribution in [-0.4, -0.2) is 63.7 Å². The normalized spacial score (nSPS) is 17.2. The summed E-state index contributed by atoms with van der Waals surface area (Å²) < 4.78 is 26.0. The van der Waals surface area contributed by atoms with E-state index in [0.29, 0.717) is 47.4 Å². The van der Waals surface area contributed by atoms with Crippen molar-refractivity contribution in [3.63, 3.8) is 0 Å². The lowest BCUT2D eigenvalue weighted by molar-refractivity contribution is -0.115. The Labute approximate surface area is 252 Å². The van der Waals surface area contributed by atoms with Gasteiger partial charge in [-0.2, -0.15) is 4.98 Å². The second kappa shape index (κ2) is 11.4. The van der Waals surface area contributed by atoms with Crippen LogP contribution in [0.1, 0.15) is 22.3 Å². The van der Waals surface area contributed by atoms with E-state index in [0.717, 1.165) is 23.1 Å². The molecule has 0 spiro atoms. The standard InChI is InChI=1S/C33H29FN6O4/c1-43-29-15-22(32(42)39-18-27-16-26(39)19-44-27)6-12-28(29)36-33-37-30-13-7-23(17-40(30)38-33)21-4-10-25(11-5-21)35-31(41)14-20-2-8-24(34)9-3-20/h2-13,15,17,26-27H,14,16,18-19H2,1H3,(H,35,41)(H,36,38)/t26-,27-/m0/s1. The lowest BCUT2D eigenvalue weighted by Crippen LogP contribution is -2.41. The maximum Gasteiger partial charge on any atom is 0.254 e. The first kappa shape index (κ1) is 27.5. The van der Waals surface area contributed by atoms with Crippen molar-refractivity contribution in [1.29, 1.82) is 0 Å². The van der Waals surface area contributed by atoms with Crippen molar-refractivity contribution in [3.8, 4) is 16.9 Å². The Kier molecular flexibility index (Phi) is 7.15. The number of nitrogens with one attached hydrogen (secondary N) is 2. The van der Waals surface area contributed by atoms with Gasteiger partial charge in [-0.05, 0) is 72.1 Å². The van der Waals surface area contributed by atoms with Gasteiger partial charge in [-0.25, -0.2) is 8.91 Å². The number of anilines is 3. The van der Waals surface area contributed by atoms with Gasteiger partial charge in [0.05, 0.1) is 38.0 Å². The molecule has 2 N–H and O–H groups in total. The molecule has 11 heteroatoms. The smallest absolute Gasteiger partial charge is 0.254 e. The SMILES string of the molecule is COc1cc(C(=O)N2C[C@@H]3C[C@H]2CO3)ccc1Nc1nc2ccc(-c3ccc(NC(=O)Cc4ccc(F)cc4)cc3)cn2n1. The van der Waals surface area contributed by atoms with E-state index in [9.17, 15) is 14.0 Å². The fourth-order valence-electron chi connectivity index (χ4n) is 5.71. The summed E-state index contributed by atoms with van der Waals surface area (Å²) in [5.41, 5.74) is 5.11. The first-order chi connectivity index (χ1) is 21.4. The van der Waals surface area contributed by atoms with Gasteiger partial charge in [0.1, 0.15) is 11.6 Å². The van der Waals surface area contributed by atoms with Crippen molar-refractivity contribution in [2.75, 3.05) is 30.9 Å². The van der Waals surface area contributed by atoms with Crippen LogP contribution in [0, 0.1) is 5.82 Å². The largest absolute Gasteiger partial charge is 0.495 e. The van der Waals surface area contributed by atoms with Crippen molar-refractivity contribution >= 4 is 34.8 Å². The molecule has 0 aliphatic carbocycles. The van der Waals surface area contributed by atoms with Crippen LogP contribution in [0.5, 0.6) is 5.75 Å². The van der Waals surface area contributed by atoms with E-state index < -0.39 is 0 Å². The van der Waals surface area contributed by atoms with Gasteiger partial charge < -0.3 is 25.0 Å². The topological polar surface area (TPSA) is 110 Å². The van der Waals surface area contributed by atoms with Gasteiger partial charge in [0.15, 0.2) is 5.65 Å². The molecule has 0 radical (unpaired) electrons. The summed E-state index contributed by atoms with van der Waals surface area (Å²) in [6.07, 6.45) is 3.07. The van der Waals surface area contributed by atoms with Gasteiger partial charge >= 0.3 is 0 Å². The zero-order chi connectivity index (χ0) is 30.2. The van der Waals surface area contributed by atoms with Crippen LogP contribution in [0.25, 0.3) is 16.8 Å². The number of likely N-dealkylation sites (tertiary alicyclic amines) is 1. The van der Waals surface area contributed by atoms with Crippen molar-refractivity contribution in [2.45, 2.75) is 25.0 Å². The van der Waals surface area contributed by atoms with E-state index in [2.05, 4.69) is 20.7 Å². The molecule has 5 aromatic rings. The van der Waals surface area contributed by atoms with Crippen molar-refractivity contribution < 1.29 is 23.5 Å². The molecule has 0 unspecified atom stereocenters. The van der Waals surface area contributed by atoms with Gasteiger partial charge in [0.2, 0.25) is 11.9 Å².